The minimum Gasteiger partial charge on any atom is -0.351 e. The molecule has 0 atom stereocenters. The molecule has 3 rings (SSSR count). The maximum absolute atomic E-state index is 13.3. The number of hydrogen-bond donors (Lipinski definition) is 2. The summed E-state index contributed by atoms with van der Waals surface area (Å²) in [6.07, 6.45) is -0.0371. The third-order valence-corrected chi connectivity index (χ3v) is 4.85. The lowest BCUT2D eigenvalue weighted by atomic mass is 10.2. The highest BCUT2D eigenvalue weighted by atomic mass is 35.5. The highest BCUT2D eigenvalue weighted by Crippen LogP contribution is 2.26. The Bertz CT molecular complexity index is 1070. The van der Waals surface area contributed by atoms with E-state index < -0.39 is 29.3 Å². The summed E-state index contributed by atoms with van der Waals surface area (Å²) in [6, 6.07) is 6.79. The van der Waals surface area contributed by atoms with Gasteiger partial charge >= 0.3 is 0 Å². The van der Waals surface area contributed by atoms with E-state index in [1.165, 1.54) is 12.1 Å². The van der Waals surface area contributed by atoms with Crippen LogP contribution in [0.2, 0.25) is 5.02 Å². The first-order valence-corrected chi connectivity index (χ1v) is 9.53. The van der Waals surface area contributed by atoms with Crippen molar-refractivity contribution in [3.63, 3.8) is 0 Å². The minimum atomic E-state index is -0.988. The third-order valence-electron chi connectivity index (χ3n) is 3.78. The molecule has 2 N–H and O–H groups in total. The maximum atomic E-state index is 13.3. The molecule has 150 valence electrons. The highest BCUT2D eigenvalue weighted by Gasteiger charge is 2.13. The summed E-state index contributed by atoms with van der Waals surface area (Å²) in [5.41, 5.74) is 0.872. The Balaban J connectivity index is 1.51. The molecule has 0 aliphatic heterocycles. The quantitative estimate of drug-likeness (QED) is 0.587. The summed E-state index contributed by atoms with van der Waals surface area (Å²) < 4.78 is 39.3. The molecule has 2 aromatic carbocycles. The molecule has 29 heavy (non-hydrogen) atoms. The number of nitrogens with one attached hydrogen (secondary N) is 2. The van der Waals surface area contributed by atoms with E-state index in [0.717, 1.165) is 35.6 Å². The van der Waals surface area contributed by atoms with Crippen LogP contribution >= 0.6 is 22.9 Å². The second-order valence-electron chi connectivity index (χ2n) is 5.85. The first-order chi connectivity index (χ1) is 13.8. The lowest BCUT2D eigenvalue weighted by molar-refractivity contribution is -0.116. The van der Waals surface area contributed by atoms with E-state index in [4.69, 9.17) is 11.6 Å². The van der Waals surface area contributed by atoms with Gasteiger partial charge < -0.3 is 10.6 Å². The Kier molecular flexibility index (Phi) is 6.50. The molecule has 0 radical (unpaired) electrons. The van der Waals surface area contributed by atoms with Gasteiger partial charge in [-0.1, -0.05) is 11.6 Å². The molecule has 0 spiro atoms. The molecular formula is C19H13ClF3N3O2S. The molecule has 0 saturated carbocycles. The van der Waals surface area contributed by atoms with Crippen molar-refractivity contribution in [2.45, 2.75) is 6.42 Å². The van der Waals surface area contributed by atoms with Crippen LogP contribution in [0.25, 0.3) is 11.3 Å². The number of halogens is 4. The number of thiazole rings is 1. The number of nitrogens with zero attached hydrogens (tertiary/aromatic N) is 1. The van der Waals surface area contributed by atoms with Gasteiger partial charge in [-0.25, -0.2) is 18.2 Å². The Morgan fingerprint density at radius 3 is 2.59 bits per heavy atom. The number of rotatable bonds is 6. The highest BCUT2D eigenvalue weighted by molar-refractivity contribution is 7.14. The van der Waals surface area contributed by atoms with Crippen molar-refractivity contribution in [2.24, 2.45) is 0 Å². The monoisotopic (exact) mass is 439 g/mol. The minimum absolute atomic E-state index is 0.0276. The number of anilines is 1. The SMILES string of the molecule is O=C(CCNC(=O)c1ccc(F)cc1Cl)Nc1nc(-c2ccc(F)c(F)c2)cs1. The Morgan fingerprint density at radius 1 is 1.07 bits per heavy atom. The summed E-state index contributed by atoms with van der Waals surface area (Å²) in [4.78, 5) is 28.2. The fourth-order valence-corrected chi connectivity index (χ4v) is 3.35. The van der Waals surface area contributed by atoms with Crippen molar-refractivity contribution in [1.29, 1.82) is 0 Å². The average Bonchev–Trinajstić information content (AvgIpc) is 3.12. The van der Waals surface area contributed by atoms with E-state index in [9.17, 15) is 22.8 Å². The molecule has 0 unspecified atom stereocenters. The van der Waals surface area contributed by atoms with Crippen LogP contribution in [0.4, 0.5) is 18.3 Å². The van der Waals surface area contributed by atoms with E-state index >= 15 is 0 Å². The van der Waals surface area contributed by atoms with Crippen LogP contribution in [0.1, 0.15) is 16.8 Å². The van der Waals surface area contributed by atoms with Crippen LogP contribution in [0.3, 0.4) is 0 Å². The van der Waals surface area contributed by atoms with E-state index in [1.807, 2.05) is 0 Å². The zero-order valence-electron chi connectivity index (χ0n) is 14.6. The number of amides is 2. The van der Waals surface area contributed by atoms with Gasteiger partial charge in [0.05, 0.1) is 16.3 Å². The lowest BCUT2D eigenvalue weighted by Crippen LogP contribution is -2.27. The molecule has 0 bridgehead atoms. The average molecular weight is 440 g/mol. The van der Waals surface area contributed by atoms with Gasteiger partial charge in [0.2, 0.25) is 5.91 Å². The summed E-state index contributed by atoms with van der Waals surface area (Å²) in [7, 11) is 0. The van der Waals surface area contributed by atoms with Crippen molar-refractivity contribution in [3.8, 4) is 11.3 Å². The Hall–Kier alpha value is -2.91. The van der Waals surface area contributed by atoms with Crippen molar-refractivity contribution < 1.29 is 22.8 Å². The van der Waals surface area contributed by atoms with Crippen molar-refractivity contribution in [1.82, 2.24) is 10.3 Å². The van der Waals surface area contributed by atoms with Crippen LogP contribution in [0.15, 0.2) is 41.8 Å². The summed E-state index contributed by atoms with van der Waals surface area (Å²) in [5.74, 6) is -3.43. The van der Waals surface area contributed by atoms with Crippen LogP contribution < -0.4 is 10.6 Å². The molecular weight excluding hydrogens is 427 g/mol. The van der Waals surface area contributed by atoms with Gasteiger partial charge in [-0.05, 0) is 36.4 Å². The second-order valence-corrected chi connectivity index (χ2v) is 7.11. The number of benzene rings is 2. The van der Waals surface area contributed by atoms with Gasteiger partial charge in [0.25, 0.3) is 5.91 Å². The molecule has 10 heteroatoms. The molecule has 1 heterocycles. The van der Waals surface area contributed by atoms with Gasteiger partial charge in [-0.3, -0.25) is 9.59 Å². The van der Waals surface area contributed by atoms with Crippen LogP contribution in [-0.4, -0.2) is 23.3 Å². The van der Waals surface area contributed by atoms with Crippen molar-refractivity contribution in [3.05, 3.63) is 69.8 Å². The fourth-order valence-electron chi connectivity index (χ4n) is 2.36. The van der Waals surface area contributed by atoms with Crippen LogP contribution in [0.5, 0.6) is 0 Å². The number of aromatic nitrogens is 1. The number of carbonyl (C=O) groups excluding carboxylic acids is 2. The van der Waals surface area contributed by atoms with Gasteiger partial charge in [-0.2, -0.15) is 0 Å². The van der Waals surface area contributed by atoms with Crippen molar-refractivity contribution in [2.75, 3.05) is 11.9 Å². The second kappa shape index (κ2) is 9.06. The number of hydrogen-bond acceptors (Lipinski definition) is 4. The number of carbonyl (C=O) groups is 2. The normalized spacial score (nSPS) is 10.6. The first kappa shape index (κ1) is 20.8. The Labute approximate surface area is 172 Å². The van der Waals surface area contributed by atoms with E-state index in [-0.39, 0.29) is 28.7 Å². The predicted octanol–water partition coefficient (Wildman–Crippen LogP) is 4.64. The molecule has 0 fully saturated rings. The molecule has 3 aromatic rings. The molecule has 0 aliphatic carbocycles. The lowest BCUT2D eigenvalue weighted by Gasteiger charge is -2.06. The first-order valence-electron chi connectivity index (χ1n) is 8.27. The zero-order valence-corrected chi connectivity index (χ0v) is 16.2. The summed E-state index contributed by atoms with van der Waals surface area (Å²) >= 11 is 6.94. The van der Waals surface area contributed by atoms with Crippen LogP contribution in [0, 0.1) is 17.5 Å². The summed E-state index contributed by atoms with van der Waals surface area (Å²) in [6.45, 7) is 0.0276. The maximum Gasteiger partial charge on any atom is 0.252 e. The van der Waals surface area contributed by atoms with Crippen molar-refractivity contribution >= 4 is 39.9 Å². The fraction of sp³-hybridized carbons (Fsp3) is 0.105. The van der Waals surface area contributed by atoms with Gasteiger partial charge in [0.15, 0.2) is 16.8 Å². The van der Waals surface area contributed by atoms with E-state index in [2.05, 4.69) is 15.6 Å². The molecule has 5 nitrogen and oxygen atoms in total. The van der Waals surface area contributed by atoms with Crippen LogP contribution in [-0.2, 0) is 4.79 Å². The smallest absolute Gasteiger partial charge is 0.252 e. The largest absolute Gasteiger partial charge is 0.351 e. The molecule has 1 aromatic heterocycles. The molecule has 2 amide bonds. The molecule has 0 aliphatic rings. The standard InChI is InChI=1S/C19H13ClF3N3O2S/c20-13-8-11(21)2-3-12(13)18(28)24-6-5-17(27)26-19-25-16(9-29-19)10-1-4-14(22)15(23)7-10/h1-4,7-9H,5-6H2,(H,24,28)(H,25,26,27). The van der Waals surface area contributed by atoms with Gasteiger partial charge in [-0.15, -0.1) is 11.3 Å². The third kappa shape index (κ3) is 5.33. The van der Waals surface area contributed by atoms with Gasteiger partial charge in [0.1, 0.15) is 5.82 Å². The van der Waals surface area contributed by atoms with E-state index in [1.54, 1.807) is 5.38 Å². The predicted molar refractivity (Wildman–Crippen MR) is 104 cm³/mol. The zero-order chi connectivity index (χ0) is 21.0. The Morgan fingerprint density at radius 2 is 1.86 bits per heavy atom. The topological polar surface area (TPSA) is 71.1 Å². The molecule has 0 saturated heterocycles. The van der Waals surface area contributed by atoms with E-state index in [0.29, 0.717) is 11.3 Å². The summed E-state index contributed by atoms with van der Waals surface area (Å²) in [5, 5.41) is 6.93. The van der Waals surface area contributed by atoms with Gasteiger partial charge in [0, 0.05) is 23.9 Å².